The van der Waals surface area contributed by atoms with Gasteiger partial charge in [0, 0.05) is 16.7 Å². The smallest absolute Gasteiger partial charge is 0.262 e. The fourth-order valence-corrected chi connectivity index (χ4v) is 5.17. The van der Waals surface area contributed by atoms with Crippen molar-refractivity contribution < 1.29 is 17.9 Å². The molecule has 0 saturated heterocycles. The molecule has 3 aromatic rings. The fourth-order valence-electron chi connectivity index (χ4n) is 3.00. The van der Waals surface area contributed by atoms with Crippen LogP contribution >= 0.6 is 11.8 Å². The van der Waals surface area contributed by atoms with E-state index in [0.29, 0.717) is 17.2 Å². The minimum atomic E-state index is -3.80. The van der Waals surface area contributed by atoms with Gasteiger partial charge in [0.15, 0.2) is 11.5 Å². The molecular formula is C23H25N3O4S2. The Hall–Kier alpha value is -3.17. The highest BCUT2D eigenvalue weighted by atomic mass is 32.2. The van der Waals surface area contributed by atoms with Crippen LogP contribution in [0.1, 0.15) is 11.1 Å². The molecule has 0 aromatic heterocycles. The van der Waals surface area contributed by atoms with Crippen molar-refractivity contribution in [1.82, 2.24) is 0 Å². The molecule has 0 atom stereocenters. The average molecular weight is 472 g/mol. The number of nitrogens with two attached hydrogens (primary N) is 1. The lowest BCUT2D eigenvalue weighted by molar-refractivity contribution is 0.354. The van der Waals surface area contributed by atoms with Crippen LogP contribution in [0.4, 0.5) is 5.69 Å². The van der Waals surface area contributed by atoms with Gasteiger partial charge in [0.25, 0.3) is 10.0 Å². The molecular weight excluding hydrogens is 446 g/mol. The zero-order valence-electron chi connectivity index (χ0n) is 17.8. The molecule has 0 heterocycles. The predicted molar refractivity (Wildman–Crippen MR) is 129 cm³/mol. The molecule has 3 N–H and O–H groups in total. The summed E-state index contributed by atoms with van der Waals surface area (Å²) >= 11 is 1.59. The summed E-state index contributed by atoms with van der Waals surface area (Å²) in [5.74, 6) is 6.77. The SMILES string of the molecule is COc1ccc(S(=O)(=O)Nc2ccccc2SCCc2ccc(C=NN)cc2)cc1OC. The minimum absolute atomic E-state index is 0.0936. The van der Waals surface area contributed by atoms with Crippen molar-refractivity contribution >= 4 is 33.7 Å². The van der Waals surface area contributed by atoms with Gasteiger partial charge >= 0.3 is 0 Å². The Morgan fingerprint density at radius 2 is 1.72 bits per heavy atom. The molecule has 0 spiro atoms. The van der Waals surface area contributed by atoms with Gasteiger partial charge in [0.1, 0.15) is 0 Å². The number of benzene rings is 3. The number of nitrogens with zero attached hydrogens (tertiary/aromatic N) is 1. The maximum absolute atomic E-state index is 13.0. The van der Waals surface area contributed by atoms with Gasteiger partial charge in [-0.15, -0.1) is 11.8 Å². The van der Waals surface area contributed by atoms with E-state index >= 15 is 0 Å². The Morgan fingerprint density at radius 1 is 1.00 bits per heavy atom. The van der Waals surface area contributed by atoms with Crippen molar-refractivity contribution in [2.24, 2.45) is 10.9 Å². The number of para-hydroxylation sites is 1. The number of anilines is 1. The Bertz CT molecular complexity index is 1180. The number of rotatable bonds is 10. The first kappa shape index (κ1) is 23.5. The molecule has 0 fully saturated rings. The molecule has 7 nitrogen and oxygen atoms in total. The Morgan fingerprint density at radius 3 is 2.41 bits per heavy atom. The molecule has 9 heteroatoms. The summed E-state index contributed by atoms with van der Waals surface area (Å²) in [4.78, 5) is 0.944. The molecule has 0 aliphatic heterocycles. The number of hydrogen-bond acceptors (Lipinski definition) is 7. The molecule has 0 aliphatic rings. The number of ether oxygens (including phenoxy) is 2. The fraction of sp³-hybridized carbons (Fsp3) is 0.174. The van der Waals surface area contributed by atoms with Crippen LogP contribution in [0.25, 0.3) is 0 Å². The van der Waals surface area contributed by atoms with Crippen LogP contribution < -0.4 is 20.0 Å². The summed E-state index contributed by atoms with van der Waals surface area (Å²) in [6, 6.07) is 19.8. The average Bonchev–Trinajstić information content (AvgIpc) is 2.81. The van der Waals surface area contributed by atoms with Gasteiger partial charge in [-0.2, -0.15) is 5.10 Å². The van der Waals surface area contributed by atoms with Crippen molar-refractivity contribution in [3.63, 3.8) is 0 Å². The normalized spacial score (nSPS) is 11.4. The van der Waals surface area contributed by atoms with Gasteiger partial charge in [0.05, 0.1) is 31.0 Å². The van der Waals surface area contributed by atoms with Gasteiger partial charge in [-0.1, -0.05) is 36.4 Å². The highest BCUT2D eigenvalue weighted by Gasteiger charge is 2.18. The van der Waals surface area contributed by atoms with E-state index in [-0.39, 0.29) is 4.90 Å². The van der Waals surface area contributed by atoms with Crippen LogP contribution in [0.3, 0.4) is 0 Å². The summed E-state index contributed by atoms with van der Waals surface area (Å²) in [6.07, 6.45) is 2.43. The maximum atomic E-state index is 13.0. The molecule has 0 aliphatic carbocycles. The van der Waals surface area contributed by atoms with Crippen molar-refractivity contribution in [2.45, 2.75) is 16.2 Å². The van der Waals surface area contributed by atoms with E-state index in [2.05, 4.69) is 9.82 Å². The zero-order chi connectivity index (χ0) is 23.0. The molecule has 0 bridgehead atoms. The highest BCUT2D eigenvalue weighted by Crippen LogP contribution is 2.32. The van der Waals surface area contributed by atoms with Crippen molar-refractivity contribution in [3.05, 3.63) is 77.9 Å². The number of aryl methyl sites for hydroxylation is 1. The summed E-state index contributed by atoms with van der Waals surface area (Å²) in [6.45, 7) is 0. The predicted octanol–water partition coefficient (Wildman–Crippen LogP) is 4.13. The van der Waals surface area contributed by atoms with Crippen LogP contribution in [-0.2, 0) is 16.4 Å². The van der Waals surface area contributed by atoms with Crippen molar-refractivity contribution in [3.8, 4) is 11.5 Å². The standard InChI is InChI=1S/C23H25N3O4S2/c1-29-21-12-11-19(15-22(21)30-2)32(27,28)26-20-5-3-4-6-23(20)31-14-13-17-7-9-18(10-8-17)16-25-24/h3-12,15-16,26H,13-14,24H2,1-2H3. The first-order chi connectivity index (χ1) is 15.5. The van der Waals surface area contributed by atoms with Crippen LogP contribution in [0, 0.1) is 0 Å². The third-order valence-electron chi connectivity index (χ3n) is 4.65. The molecule has 0 unspecified atom stereocenters. The number of hydrogen-bond donors (Lipinski definition) is 2. The van der Waals surface area contributed by atoms with E-state index in [4.69, 9.17) is 15.3 Å². The maximum Gasteiger partial charge on any atom is 0.262 e. The molecule has 3 rings (SSSR count). The topological polar surface area (TPSA) is 103 Å². The van der Waals surface area contributed by atoms with Crippen LogP contribution in [-0.4, -0.2) is 34.6 Å². The molecule has 0 amide bonds. The van der Waals surface area contributed by atoms with Crippen molar-refractivity contribution in [1.29, 1.82) is 0 Å². The summed E-state index contributed by atoms with van der Waals surface area (Å²) < 4.78 is 39.0. The van der Waals surface area contributed by atoms with E-state index in [0.717, 1.165) is 22.6 Å². The van der Waals surface area contributed by atoms with Gasteiger partial charge < -0.3 is 15.3 Å². The van der Waals surface area contributed by atoms with E-state index in [9.17, 15) is 8.42 Å². The van der Waals surface area contributed by atoms with Crippen LogP contribution in [0.2, 0.25) is 0 Å². The largest absolute Gasteiger partial charge is 0.493 e. The lowest BCUT2D eigenvalue weighted by Gasteiger charge is -2.14. The van der Waals surface area contributed by atoms with Crippen LogP contribution in [0.15, 0.2) is 81.6 Å². The highest BCUT2D eigenvalue weighted by molar-refractivity contribution is 7.99. The number of nitrogens with one attached hydrogen (secondary N) is 1. The van der Waals surface area contributed by atoms with Gasteiger partial charge in [-0.3, -0.25) is 4.72 Å². The second kappa shape index (κ2) is 10.9. The zero-order valence-corrected chi connectivity index (χ0v) is 19.4. The van der Waals surface area contributed by atoms with E-state index in [1.165, 1.54) is 31.9 Å². The second-order valence-corrected chi connectivity index (χ2v) is 9.56. The molecule has 32 heavy (non-hydrogen) atoms. The lowest BCUT2D eigenvalue weighted by atomic mass is 10.1. The Balaban J connectivity index is 1.70. The lowest BCUT2D eigenvalue weighted by Crippen LogP contribution is -2.13. The Kier molecular flexibility index (Phi) is 8.02. The first-order valence-corrected chi connectivity index (χ1v) is 12.2. The van der Waals surface area contributed by atoms with Crippen LogP contribution in [0.5, 0.6) is 11.5 Å². The van der Waals surface area contributed by atoms with Crippen molar-refractivity contribution in [2.75, 3.05) is 24.7 Å². The van der Waals surface area contributed by atoms with Gasteiger partial charge in [-0.25, -0.2) is 8.42 Å². The molecule has 3 aromatic carbocycles. The third-order valence-corrected chi connectivity index (χ3v) is 7.09. The monoisotopic (exact) mass is 471 g/mol. The van der Waals surface area contributed by atoms with E-state index < -0.39 is 10.0 Å². The Labute approximate surface area is 192 Å². The number of methoxy groups -OCH3 is 2. The number of sulfonamides is 1. The number of hydrazone groups is 1. The summed E-state index contributed by atoms with van der Waals surface area (Å²) in [7, 11) is -0.837. The molecule has 0 saturated carbocycles. The summed E-state index contributed by atoms with van der Waals surface area (Å²) in [5, 5.41) is 3.52. The van der Waals surface area contributed by atoms with Gasteiger partial charge in [0.2, 0.25) is 0 Å². The van der Waals surface area contributed by atoms with Gasteiger partial charge in [-0.05, 0) is 41.8 Å². The number of thioether (sulfide) groups is 1. The van der Waals surface area contributed by atoms with E-state index in [1.54, 1.807) is 36.2 Å². The minimum Gasteiger partial charge on any atom is -0.493 e. The quantitative estimate of drug-likeness (QED) is 0.199. The van der Waals surface area contributed by atoms with E-state index in [1.807, 2.05) is 36.4 Å². The molecule has 168 valence electrons. The third kappa shape index (κ3) is 5.95. The molecule has 0 radical (unpaired) electrons. The second-order valence-electron chi connectivity index (χ2n) is 6.74. The summed E-state index contributed by atoms with van der Waals surface area (Å²) in [5.41, 5.74) is 2.65. The first-order valence-electron chi connectivity index (χ1n) is 9.75.